The second-order valence-electron chi connectivity index (χ2n) is 3.88. The van der Waals surface area contributed by atoms with E-state index in [1.807, 2.05) is 18.7 Å². The van der Waals surface area contributed by atoms with Crippen LogP contribution in [0.3, 0.4) is 0 Å². The molecule has 1 rings (SSSR count). The number of carbonyl (C=O) groups excluding carboxylic acids is 1. The summed E-state index contributed by atoms with van der Waals surface area (Å²) in [5.41, 5.74) is 0. The zero-order chi connectivity index (χ0) is 10.6. The predicted molar refractivity (Wildman–Crippen MR) is 55.9 cm³/mol. The van der Waals surface area contributed by atoms with E-state index in [-0.39, 0.29) is 13.4 Å². The highest BCUT2D eigenvalue weighted by Crippen LogP contribution is 2.09. The van der Waals surface area contributed by atoms with E-state index >= 15 is 0 Å². The van der Waals surface area contributed by atoms with E-state index < -0.39 is 6.17 Å². The summed E-state index contributed by atoms with van der Waals surface area (Å²) in [4.78, 5) is 13.1. The summed E-state index contributed by atoms with van der Waals surface area (Å²) in [7, 11) is 0. The quantitative estimate of drug-likeness (QED) is 0.689. The summed E-state index contributed by atoms with van der Waals surface area (Å²) < 4.78 is 12.4. The Labute approximate surface area is 85.4 Å². The minimum absolute atomic E-state index is 0. The molecule has 0 aromatic rings. The summed E-state index contributed by atoms with van der Waals surface area (Å²) >= 11 is 0. The van der Waals surface area contributed by atoms with Crippen LogP contribution in [0.5, 0.6) is 0 Å². The molecule has 0 aromatic heterocycles. The minimum atomic E-state index is -0.673. The molecule has 0 radical (unpaired) electrons. The molecule has 0 atom stereocenters. The molecular weight excluding hydrogens is 183 g/mol. The first-order valence-electron chi connectivity index (χ1n) is 4.91. The lowest BCUT2D eigenvalue weighted by molar-refractivity contribution is -0.116. The molecule has 3 nitrogen and oxygen atoms in total. The van der Waals surface area contributed by atoms with Gasteiger partial charge in [-0.25, -0.2) is 4.39 Å². The molecular formula is C10H19FN2O. The van der Waals surface area contributed by atoms with Gasteiger partial charge in [0.1, 0.15) is 6.17 Å². The normalized spacial score (nSPS) is 18.9. The van der Waals surface area contributed by atoms with Crippen LogP contribution < -0.4 is 5.32 Å². The van der Waals surface area contributed by atoms with Crippen molar-refractivity contribution in [3.05, 3.63) is 12.2 Å². The van der Waals surface area contributed by atoms with Crippen molar-refractivity contribution in [3.8, 4) is 0 Å². The molecule has 1 aliphatic rings. The fraction of sp³-hybridized carbons (Fsp3) is 0.700. The van der Waals surface area contributed by atoms with Gasteiger partial charge in [0.2, 0.25) is 5.91 Å². The van der Waals surface area contributed by atoms with Gasteiger partial charge in [-0.3, -0.25) is 9.69 Å². The van der Waals surface area contributed by atoms with Gasteiger partial charge in [-0.2, -0.15) is 0 Å². The molecule has 1 saturated heterocycles. The van der Waals surface area contributed by atoms with Gasteiger partial charge in [0.25, 0.3) is 0 Å². The van der Waals surface area contributed by atoms with Crippen LogP contribution in [0, 0.1) is 0 Å². The van der Waals surface area contributed by atoms with Crippen molar-refractivity contribution in [2.24, 2.45) is 0 Å². The van der Waals surface area contributed by atoms with Crippen LogP contribution >= 0.6 is 0 Å². The minimum Gasteiger partial charge on any atom is -0.350 e. The summed E-state index contributed by atoms with van der Waals surface area (Å²) in [5.74, 6) is -0.0858. The van der Waals surface area contributed by atoms with Gasteiger partial charge >= 0.3 is 0 Å². The first-order valence-corrected chi connectivity index (χ1v) is 4.91. The number of carbonyl (C=O) groups is 1. The Morgan fingerprint density at radius 3 is 2.86 bits per heavy atom. The van der Waals surface area contributed by atoms with E-state index in [9.17, 15) is 9.18 Å². The van der Waals surface area contributed by atoms with E-state index in [4.69, 9.17) is 0 Å². The summed E-state index contributed by atoms with van der Waals surface area (Å²) in [6, 6.07) is 0.159. The third-order valence-electron chi connectivity index (χ3n) is 1.98. The van der Waals surface area contributed by atoms with Crippen LogP contribution in [0.4, 0.5) is 4.39 Å². The Bertz CT molecular complexity index is 227. The molecule has 0 bridgehead atoms. The number of hydrogen-bond donors (Lipinski definition) is 1. The molecule has 1 N–H and O–H groups in total. The molecule has 82 valence electrons. The molecule has 0 spiro atoms. The number of halogens is 1. The Morgan fingerprint density at radius 2 is 2.36 bits per heavy atom. The SMILES string of the molecule is CC(C)NC(=O)/C=C/CN1CC(F)C1.[HH]. The van der Waals surface area contributed by atoms with Crippen LogP contribution in [0.2, 0.25) is 0 Å². The molecule has 0 aliphatic carbocycles. The lowest BCUT2D eigenvalue weighted by Gasteiger charge is -2.33. The van der Waals surface area contributed by atoms with E-state index in [2.05, 4.69) is 5.32 Å². The summed E-state index contributed by atoms with van der Waals surface area (Å²) in [5, 5.41) is 2.74. The third kappa shape index (κ3) is 3.87. The Balaban J connectivity index is 0.00000196. The van der Waals surface area contributed by atoms with Crippen LogP contribution in [-0.4, -0.2) is 42.7 Å². The number of amides is 1. The highest BCUT2D eigenvalue weighted by molar-refractivity contribution is 5.87. The van der Waals surface area contributed by atoms with E-state index in [1.54, 1.807) is 6.08 Å². The molecule has 1 amide bonds. The molecule has 1 fully saturated rings. The van der Waals surface area contributed by atoms with Crippen molar-refractivity contribution < 1.29 is 10.6 Å². The van der Waals surface area contributed by atoms with Crippen molar-refractivity contribution in [3.63, 3.8) is 0 Å². The fourth-order valence-corrected chi connectivity index (χ4v) is 1.30. The van der Waals surface area contributed by atoms with Crippen molar-refractivity contribution >= 4 is 5.91 Å². The molecule has 0 saturated carbocycles. The third-order valence-corrected chi connectivity index (χ3v) is 1.98. The Morgan fingerprint density at radius 1 is 1.71 bits per heavy atom. The largest absolute Gasteiger partial charge is 0.350 e. The van der Waals surface area contributed by atoms with Gasteiger partial charge in [-0.1, -0.05) is 6.08 Å². The van der Waals surface area contributed by atoms with E-state index in [0.29, 0.717) is 19.6 Å². The number of nitrogens with one attached hydrogen (secondary N) is 1. The van der Waals surface area contributed by atoms with Gasteiger partial charge < -0.3 is 5.32 Å². The molecule has 1 aliphatic heterocycles. The average molecular weight is 202 g/mol. The maximum Gasteiger partial charge on any atom is 0.243 e. The lowest BCUT2D eigenvalue weighted by atomic mass is 10.2. The van der Waals surface area contributed by atoms with Crippen LogP contribution in [-0.2, 0) is 4.79 Å². The van der Waals surface area contributed by atoms with Crippen molar-refractivity contribution in [2.45, 2.75) is 26.1 Å². The standard InChI is InChI=1S/C10H17FN2O.H2/c1-8(2)12-10(14)4-3-5-13-6-9(11)7-13;/h3-4,8-9H,5-7H2,1-2H3,(H,12,14);1H/b4-3+;. The van der Waals surface area contributed by atoms with Crippen molar-refractivity contribution in [1.82, 2.24) is 10.2 Å². The maximum atomic E-state index is 12.4. The van der Waals surface area contributed by atoms with E-state index in [0.717, 1.165) is 0 Å². The zero-order valence-corrected chi connectivity index (χ0v) is 8.66. The predicted octanol–water partition coefficient (Wildman–Crippen LogP) is 0.967. The first kappa shape index (κ1) is 11.2. The smallest absolute Gasteiger partial charge is 0.243 e. The number of nitrogens with zero attached hydrogens (tertiary/aromatic N) is 1. The van der Waals surface area contributed by atoms with Crippen molar-refractivity contribution in [2.75, 3.05) is 19.6 Å². The number of alkyl halides is 1. The molecule has 4 heteroatoms. The number of likely N-dealkylation sites (tertiary alicyclic amines) is 1. The van der Waals surface area contributed by atoms with Crippen LogP contribution in [0.25, 0.3) is 0 Å². The fourth-order valence-electron chi connectivity index (χ4n) is 1.30. The van der Waals surface area contributed by atoms with Gasteiger partial charge in [-0.05, 0) is 13.8 Å². The zero-order valence-electron chi connectivity index (χ0n) is 8.66. The van der Waals surface area contributed by atoms with Gasteiger partial charge in [0, 0.05) is 33.2 Å². The summed E-state index contributed by atoms with van der Waals surface area (Å²) in [6.45, 7) is 5.47. The second-order valence-corrected chi connectivity index (χ2v) is 3.88. The topological polar surface area (TPSA) is 32.3 Å². The number of rotatable bonds is 4. The molecule has 0 aromatic carbocycles. The Kier molecular flexibility index (Phi) is 4.07. The van der Waals surface area contributed by atoms with Crippen molar-refractivity contribution in [1.29, 1.82) is 0 Å². The summed E-state index contributed by atoms with van der Waals surface area (Å²) in [6.07, 6.45) is 2.60. The first-order chi connectivity index (χ1) is 6.58. The highest BCUT2D eigenvalue weighted by Gasteiger charge is 2.24. The lowest BCUT2D eigenvalue weighted by Crippen LogP contribution is -2.48. The molecule has 1 heterocycles. The van der Waals surface area contributed by atoms with Crippen LogP contribution in [0.1, 0.15) is 15.3 Å². The molecule has 0 unspecified atom stereocenters. The van der Waals surface area contributed by atoms with Gasteiger partial charge in [-0.15, -0.1) is 0 Å². The number of hydrogen-bond acceptors (Lipinski definition) is 2. The van der Waals surface area contributed by atoms with Gasteiger partial charge in [0.15, 0.2) is 0 Å². The van der Waals surface area contributed by atoms with E-state index in [1.165, 1.54) is 6.08 Å². The van der Waals surface area contributed by atoms with Gasteiger partial charge in [0.05, 0.1) is 0 Å². The second kappa shape index (κ2) is 5.10. The average Bonchev–Trinajstić information content (AvgIpc) is 1.99. The highest BCUT2D eigenvalue weighted by atomic mass is 19.1. The van der Waals surface area contributed by atoms with Crippen LogP contribution in [0.15, 0.2) is 12.2 Å². The maximum absolute atomic E-state index is 12.4. The Hall–Kier alpha value is -0.900. The molecule has 14 heavy (non-hydrogen) atoms. The monoisotopic (exact) mass is 202 g/mol.